The van der Waals surface area contributed by atoms with Gasteiger partial charge in [0.15, 0.2) is 6.61 Å². The van der Waals surface area contributed by atoms with Gasteiger partial charge in [-0.3, -0.25) is 4.79 Å². The fraction of sp³-hybridized carbons (Fsp3) is 0.364. The molecule has 0 atom stereocenters. The number of likely N-dealkylation sites (N-methyl/N-ethyl adjacent to an activating group) is 1. The number of halogens is 4. The van der Waals surface area contributed by atoms with Crippen LogP contribution in [0.3, 0.4) is 0 Å². The number of carbonyl (C=O) groups excluding carboxylic acids is 1. The fourth-order valence-corrected chi connectivity index (χ4v) is 1.17. The van der Waals surface area contributed by atoms with Gasteiger partial charge in [-0.15, -0.1) is 0 Å². The average Bonchev–Trinajstić information content (AvgIpc) is 2.23. The fourth-order valence-electron chi connectivity index (χ4n) is 1.17. The van der Waals surface area contributed by atoms with Crippen LogP contribution in [0.4, 0.5) is 17.6 Å². The normalized spacial score (nSPS) is 11.2. The zero-order chi connectivity index (χ0) is 13.8. The summed E-state index contributed by atoms with van der Waals surface area (Å²) >= 11 is 0. The van der Waals surface area contributed by atoms with Crippen molar-refractivity contribution in [1.29, 1.82) is 0 Å². The van der Waals surface area contributed by atoms with Crippen LogP contribution in [-0.2, 0) is 4.79 Å². The average molecular weight is 265 g/mol. The number of alkyl halides is 3. The lowest BCUT2D eigenvalue weighted by Crippen LogP contribution is -2.38. The summed E-state index contributed by atoms with van der Waals surface area (Å²) in [6, 6.07) is 5.00. The minimum absolute atomic E-state index is 0.0868. The Morgan fingerprint density at radius 3 is 2.61 bits per heavy atom. The second-order valence-electron chi connectivity index (χ2n) is 3.61. The largest absolute Gasteiger partial charge is 0.484 e. The van der Waals surface area contributed by atoms with Crippen LogP contribution in [0.25, 0.3) is 0 Å². The molecule has 0 fully saturated rings. The van der Waals surface area contributed by atoms with E-state index in [4.69, 9.17) is 4.74 Å². The predicted octanol–water partition coefficient (Wildman–Crippen LogP) is 2.23. The molecule has 7 heteroatoms. The van der Waals surface area contributed by atoms with Crippen molar-refractivity contribution < 1.29 is 27.1 Å². The molecule has 0 heterocycles. The molecule has 0 aliphatic rings. The Morgan fingerprint density at radius 1 is 1.39 bits per heavy atom. The van der Waals surface area contributed by atoms with Gasteiger partial charge in [-0.1, -0.05) is 6.07 Å². The molecule has 0 N–H and O–H groups in total. The predicted molar refractivity (Wildman–Crippen MR) is 55.6 cm³/mol. The van der Waals surface area contributed by atoms with Gasteiger partial charge in [-0.2, -0.15) is 13.2 Å². The van der Waals surface area contributed by atoms with Crippen molar-refractivity contribution in [1.82, 2.24) is 4.90 Å². The standard InChI is InChI=1S/C11H11F4NO2/c1-16(7-11(13,14)15)10(17)6-18-9-4-2-3-8(12)5-9/h2-5H,6-7H2,1H3. The Morgan fingerprint density at radius 2 is 2.06 bits per heavy atom. The van der Waals surface area contributed by atoms with Crippen molar-refractivity contribution in [2.24, 2.45) is 0 Å². The van der Waals surface area contributed by atoms with Crippen molar-refractivity contribution in [2.45, 2.75) is 6.18 Å². The maximum atomic E-state index is 12.7. The van der Waals surface area contributed by atoms with Crippen LogP contribution in [0.2, 0.25) is 0 Å². The van der Waals surface area contributed by atoms with E-state index in [-0.39, 0.29) is 5.75 Å². The number of hydrogen-bond acceptors (Lipinski definition) is 2. The van der Waals surface area contributed by atoms with Gasteiger partial charge in [0.25, 0.3) is 5.91 Å². The van der Waals surface area contributed by atoms with Crippen molar-refractivity contribution in [3.8, 4) is 5.75 Å². The highest BCUT2D eigenvalue weighted by atomic mass is 19.4. The third-order valence-corrected chi connectivity index (χ3v) is 2.00. The maximum Gasteiger partial charge on any atom is 0.406 e. The summed E-state index contributed by atoms with van der Waals surface area (Å²) in [5, 5.41) is 0. The number of hydrogen-bond donors (Lipinski definition) is 0. The van der Waals surface area contributed by atoms with E-state index < -0.39 is 31.1 Å². The smallest absolute Gasteiger partial charge is 0.406 e. The Bertz CT molecular complexity index is 420. The number of benzene rings is 1. The van der Waals surface area contributed by atoms with E-state index in [2.05, 4.69) is 0 Å². The monoisotopic (exact) mass is 265 g/mol. The second kappa shape index (κ2) is 5.70. The minimum Gasteiger partial charge on any atom is -0.484 e. The summed E-state index contributed by atoms with van der Waals surface area (Å²) in [6.07, 6.45) is -4.46. The SMILES string of the molecule is CN(CC(F)(F)F)C(=O)COc1cccc(F)c1. The first-order chi connectivity index (χ1) is 8.28. The quantitative estimate of drug-likeness (QED) is 0.781. The van der Waals surface area contributed by atoms with Gasteiger partial charge in [-0.05, 0) is 12.1 Å². The second-order valence-corrected chi connectivity index (χ2v) is 3.61. The number of amides is 1. The zero-order valence-corrected chi connectivity index (χ0v) is 9.50. The van der Waals surface area contributed by atoms with Gasteiger partial charge in [0.05, 0.1) is 0 Å². The van der Waals surface area contributed by atoms with Crippen molar-refractivity contribution in [2.75, 3.05) is 20.2 Å². The zero-order valence-electron chi connectivity index (χ0n) is 9.50. The number of carbonyl (C=O) groups is 1. The Hall–Kier alpha value is -1.79. The molecule has 0 aliphatic heterocycles. The molecule has 0 spiro atoms. The van der Waals surface area contributed by atoms with E-state index in [1.54, 1.807) is 0 Å². The third kappa shape index (κ3) is 5.03. The molecule has 0 bridgehead atoms. The number of nitrogens with zero attached hydrogens (tertiary/aromatic N) is 1. The molecule has 0 saturated carbocycles. The molecule has 0 radical (unpaired) electrons. The molecule has 1 aromatic carbocycles. The van der Waals surface area contributed by atoms with Gasteiger partial charge >= 0.3 is 6.18 Å². The van der Waals surface area contributed by atoms with Crippen molar-refractivity contribution >= 4 is 5.91 Å². The lowest BCUT2D eigenvalue weighted by atomic mass is 10.3. The van der Waals surface area contributed by atoms with Crippen LogP contribution in [-0.4, -0.2) is 37.2 Å². The summed E-state index contributed by atoms with van der Waals surface area (Å²) in [4.78, 5) is 11.8. The Balaban J connectivity index is 2.46. The molecular weight excluding hydrogens is 254 g/mol. The van der Waals surface area contributed by atoms with Crippen LogP contribution in [0, 0.1) is 5.82 Å². The molecule has 0 aliphatic carbocycles. The van der Waals surface area contributed by atoms with E-state index in [0.717, 1.165) is 13.1 Å². The summed E-state index contributed by atoms with van der Waals surface area (Å²) < 4.78 is 53.6. The van der Waals surface area contributed by atoms with E-state index >= 15 is 0 Å². The highest BCUT2D eigenvalue weighted by Gasteiger charge is 2.31. The molecule has 0 aromatic heterocycles. The summed E-state index contributed by atoms with van der Waals surface area (Å²) in [7, 11) is 1.02. The van der Waals surface area contributed by atoms with Gasteiger partial charge in [0.1, 0.15) is 18.1 Å². The molecule has 18 heavy (non-hydrogen) atoms. The van der Waals surface area contributed by atoms with Crippen LogP contribution >= 0.6 is 0 Å². The van der Waals surface area contributed by atoms with Crippen LogP contribution < -0.4 is 4.74 Å². The van der Waals surface area contributed by atoms with Gasteiger partial charge < -0.3 is 9.64 Å². The van der Waals surface area contributed by atoms with E-state index in [1.807, 2.05) is 0 Å². The van der Waals surface area contributed by atoms with Crippen molar-refractivity contribution in [3.05, 3.63) is 30.1 Å². The number of rotatable bonds is 4. The highest BCUT2D eigenvalue weighted by molar-refractivity contribution is 5.77. The van der Waals surface area contributed by atoms with Gasteiger partial charge in [0.2, 0.25) is 0 Å². The summed E-state index contributed by atoms with van der Waals surface area (Å²) in [6.45, 7) is -1.92. The molecule has 100 valence electrons. The summed E-state index contributed by atoms with van der Waals surface area (Å²) in [5.74, 6) is -1.30. The molecule has 1 amide bonds. The molecule has 0 saturated heterocycles. The van der Waals surface area contributed by atoms with E-state index in [0.29, 0.717) is 4.90 Å². The maximum absolute atomic E-state index is 12.7. The Labute approximate surface area is 101 Å². The molecular formula is C11H11F4NO2. The third-order valence-electron chi connectivity index (χ3n) is 2.00. The van der Waals surface area contributed by atoms with E-state index in [9.17, 15) is 22.4 Å². The van der Waals surface area contributed by atoms with Crippen molar-refractivity contribution in [3.63, 3.8) is 0 Å². The first-order valence-corrected chi connectivity index (χ1v) is 4.97. The van der Waals surface area contributed by atoms with Crippen LogP contribution in [0.1, 0.15) is 0 Å². The lowest BCUT2D eigenvalue weighted by Gasteiger charge is -2.18. The molecule has 0 unspecified atom stereocenters. The molecule has 1 aromatic rings. The van der Waals surface area contributed by atoms with Gasteiger partial charge in [-0.25, -0.2) is 4.39 Å². The molecule has 3 nitrogen and oxygen atoms in total. The molecule has 1 rings (SSSR count). The first-order valence-electron chi connectivity index (χ1n) is 4.97. The summed E-state index contributed by atoms with van der Waals surface area (Å²) in [5.41, 5.74) is 0. The van der Waals surface area contributed by atoms with E-state index in [1.165, 1.54) is 18.2 Å². The van der Waals surface area contributed by atoms with Crippen LogP contribution in [0.5, 0.6) is 5.75 Å². The minimum atomic E-state index is -4.46. The van der Waals surface area contributed by atoms with Gasteiger partial charge in [0, 0.05) is 13.1 Å². The number of ether oxygens (including phenoxy) is 1. The first kappa shape index (κ1) is 14.3. The Kier molecular flexibility index (Phi) is 4.52. The topological polar surface area (TPSA) is 29.5 Å². The van der Waals surface area contributed by atoms with Crippen LogP contribution in [0.15, 0.2) is 24.3 Å². The lowest BCUT2D eigenvalue weighted by molar-refractivity contribution is -0.159. The highest BCUT2D eigenvalue weighted by Crippen LogP contribution is 2.16.